The topological polar surface area (TPSA) is 64.3 Å². The second-order valence-electron chi connectivity index (χ2n) is 5.50. The molecule has 0 aromatic heterocycles. The second-order valence-corrected chi connectivity index (χ2v) is 5.50. The molecule has 2 rings (SSSR count). The standard InChI is InChI=1S/C18H20F2N2O2/c1-12-7-8-16(24-18(19)20)14(9-12)11-22-17(23)15(21)10-13-5-3-2-4-6-13/h2-9,15,18H,10-11,21H2,1H3,(H,22,23)/t15-/m0/s1. The Labute approximate surface area is 139 Å². The Morgan fingerprint density at radius 2 is 1.92 bits per heavy atom. The average Bonchev–Trinajstić information content (AvgIpc) is 2.55. The Hall–Kier alpha value is -2.47. The Bertz CT molecular complexity index is 678. The van der Waals surface area contributed by atoms with Crippen molar-refractivity contribution in [2.45, 2.75) is 32.5 Å². The molecule has 0 aliphatic rings. The van der Waals surface area contributed by atoms with Gasteiger partial charge in [0.05, 0.1) is 6.04 Å². The van der Waals surface area contributed by atoms with Crippen LogP contribution < -0.4 is 15.8 Å². The first-order chi connectivity index (χ1) is 11.5. The number of carbonyl (C=O) groups is 1. The van der Waals surface area contributed by atoms with Crippen LogP contribution in [-0.4, -0.2) is 18.6 Å². The van der Waals surface area contributed by atoms with Crippen molar-refractivity contribution < 1.29 is 18.3 Å². The van der Waals surface area contributed by atoms with Gasteiger partial charge in [-0.25, -0.2) is 0 Å². The molecule has 0 saturated heterocycles. The molecule has 6 heteroatoms. The number of ether oxygens (including phenoxy) is 1. The van der Waals surface area contributed by atoms with Crippen LogP contribution in [0.25, 0.3) is 0 Å². The van der Waals surface area contributed by atoms with E-state index in [0.717, 1.165) is 11.1 Å². The maximum absolute atomic E-state index is 12.4. The molecule has 0 radical (unpaired) electrons. The van der Waals surface area contributed by atoms with Crippen LogP contribution in [0.15, 0.2) is 48.5 Å². The fourth-order valence-electron chi connectivity index (χ4n) is 2.33. The number of aryl methyl sites for hydroxylation is 1. The van der Waals surface area contributed by atoms with Crippen LogP contribution >= 0.6 is 0 Å². The Morgan fingerprint density at radius 3 is 2.58 bits per heavy atom. The van der Waals surface area contributed by atoms with E-state index in [4.69, 9.17) is 5.73 Å². The van der Waals surface area contributed by atoms with Crippen LogP contribution in [0.1, 0.15) is 16.7 Å². The number of rotatable bonds is 7. The van der Waals surface area contributed by atoms with E-state index < -0.39 is 12.7 Å². The highest BCUT2D eigenvalue weighted by Gasteiger charge is 2.15. The maximum atomic E-state index is 12.4. The molecule has 0 saturated carbocycles. The molecule has 0 fully saturated rings. The molecule has 0 aliphatic carbocycles. The molecule has 0 heterocycles. The fraction of sp³-hybridized carbons (Fsp3) is 0.278. The van der Waals surface area contributed by atoms with Gasteiger partial charge in [0.25, 0.3) is 0 Å². The number of nitrogens with two attached hydrogens (primary N) is 1. The molecule has 3 N–H and O–H groups in total. The van der Waals surface area contributed by atoms with Gasteiger partial charge in [-0.15, -0.1) is 0 Å². The molecule has 1 amide bonds. The van der Waals surface area contributed by atoms with E-state index in [1.165, 1.54) is 6.07 Å². The summed E-state index contributed by atoms with van der Waals surface area (Å²) < 4.78 is 29.4. The Kier molecular flexibility index (Phi) is 6.26. The number of hydrogen-bond acceptors (Lipinski definition) is 3. The number of carbonyl (C=O) groups excluding carboxylic acids is 1. The van der Waals surface area contributed by atoms with Crippen LogP contribution in [0.4, 0.5) is 8.78 Å². The van der Waals surface area contributed by atoms with E-state index in [2.05, 4.69) is 10.1 Å². The van der Waals surface area contributed by atoms with Crippen LogP contribution in [0.5, 0.6) is 5.75 Å². The molecule has 0 bridgehead atoms. The number of nitrogens with one attached hydrogen (secondary N) is 1. The van der Waals surface area contributed by atoms with Crippen molar-refractivity contribution >= 4 is 5.91 Å². The molecular weight excluding hydrogens is 314 g/mol. The highest BCUT2D eigenvalue weighted by molar-refractivity contribution is 5.81. The lowest BCUT2D eigenvalue weighted by atomic mass is 10.1. The van der Waals surface area contributed by atoms with Gasteiger partial charge in [-0.2, -0.15) is 8.78 Å². The molecule has 1 atom stereocenters. The van der Waals surface area contributed by atoms with E-state index in [-0.39, 0.29) is 18.2 Å². The van der Waals surface area contributed by atoms with Crippen LogP contribution in [0, 0.1) is 6.92 Å². The highest BCUT2D eigenvalue weighted by atomic mass is 19.3. The van der Waals surface area contributed by atoms with Gasteiger partial charge >= 0.3 is 6.61 Å². The summed E-state index contributed by atoms with van der Waals surface area (Å²) in [7, 11) is 0. The lowest BCUT2D eigenvalue weighted by Gasteiger charge is -2.15. The minimum absolute atomic E-state index is 0.0486. The summed E-state index contributed by atoms with van der Waals surface area (Å²) in [6, 6.07) is 13.5. The third kappa shape index (κ3) is 5.31. The van der Waals surface area contributed by atoms with Gasteiger partial charge in [-0.05, 0) is 25.0 Å². The van der Waals surface area contributed by atoms with E-state index in [1.54, 1.807) is 12.1 Å². The third-order valence-electron chi connectivity index (χ3n) is 3.52. The summed E-state index contributed by atoms with van der Waals surface area (Å²) >= 11 is 0. The summed E-state index contributed by atoms with van der Waals surface area (Å²) in [5.41, 5.74) is 8.22. The van der Waals surface area contributed by atoms with Gasteiger partial charge in [0.15, 0.2) is 0 Å². The summed E-state index contributed by atoms with van der Waals surface area (Å²) in [6.45, 7) is -1.01. The van der Waals surface area contributed by atoms with Crippen molar-refractivity contribution in [3.05, 3.63) is 65.2 Å². The number of halogens is 2. The van der Waals surface area contributed by atoms with Gasteiger partial charge < -0.3 is 15.8 Å². The predicted molar refractivity (Wildman–Crippen MR) is 87.8 cm³/mol. The lowest BCUT2D eigenvalue weighted by Crippen LogP contribution is -2.41. The first-order valence-electron chi connectivity index (χ1n) is 7.57. The molecule has 0 spiro atoms. The van der Waals surface area contributed by atoms with Gasteiger partial charge in [0, 0.05) is 12.1 Å². The third-order valence-corrected chi connectivity index (χ3v) is 3.52. The molecule has 0 unspecified atom stereocenters. The van der Waals surface area contributed by atoms with Crippen molar-refractivity contribution in [1.82, 2.24) is 5.32 Å². The number of hydrogen-bond donors (Lipinski definition) is 2. The summed E-state index contributed by atoms with van der Waals surface area (Å²) in [5, 5.41) is 2.67. The van der Waals surface area contributed by atoms with E-state index >= 15 is 0 Å². The van der Waals surface area contributed by atoms with Crippen molar-refractivity contribution in [3.8, 4) is 5.75 Å². The molecule has 24 heavy (non-hydrogen) atoms. The van der Waals surface area contributed by atoms with Gasteiger partial charge in [-0.3, -0.25) is 4.79 Å². The number of amides is 1. The monoisotopic (exact) mass is 334 g/mol. The predicted octanol–water partition coefficient (Wildman–Crippen LogP) is 2.78. The minimum atomic E-state index is -2.91. The molecule has 128 valence electrons. The first-order valence-corrected chi connectivity index (χ1v) is 7.57. The summed E-state index contributed by atoms with van der Waals surface area (Å²) in [5.74, 6) is -0.295. The van der Waals surface area contributed by atoms with Gasteiger partial charge in [-0.1, -0.05) is 48.0 Å². The van der Waals surface area contributed by atoms with Crippen molar-refractivity contribution in [3.63, 3.8) is 0 Å². The number of benzene rings is 2. The minimum Gasteiger partial charge on any atom is -0.434 e. The van der Waals surface area contributed by atoms with Crippen LogP contribution in [0.3, 0.4) is 0 Å². The average molecular weight is 334 g/mol. The van der Waals surface area contributed by atoms with E-state index in [1.807, 2.05) is 37.3 Å². The first kappa shape index (κ1) is 17.9. The normalized spacial score (nSPS) is 12.0. The SMILES string of the molecule is Cc1ccc(OC(F)F)c(CNC(=O)[C@@H](N)Cc2ccccc2)c1. The maximum Gasteiger partial charge on any atom is 0.387 e. The Morgan fingerprint density at radius 1 is 1.21 bits per heavy atom. The zero-order valence-electron chi connectivity index (χ0n) is 13.3. The van der Waals surface area contributed by atoms with E-state index in [0.29, 0.717) is 12.0 Å². The van der Waals surface area contributed by atoms with E-state index in [9.17, 15) is 13.6 Å². The van der Waals surface area contributed by atoms with Gasteiger partial charge in [0.2, 0.25) is 5.91 Å². The molecule has 4 nitrogen and oxygen atoms in total. The Balaban J connectivity index is 1.97. The van der Waals surface area contributed by atoms with Crippen molar-refractivity contribution in [2.75, 3.05) is 0 Å². The quantitative estimate of drug-likeness (QED) is 0.818. The molecule has 2 aromatic carbocycles. The van der Waals surface area contributed by atoms with Crippen LogP contribution in [0.2, 0.25) is 0 Å². The smallest absolute Gasteiger partial charge is 0.387 e. The summed E-state index contributed by atoms with van der Waals surface area (Å²) in [4.78, 5) is 12.1. The van der Waals surface area contributed by atoms with Crippen molar-refractivity contribution in [1.29, 1.82) is 0 Å². The fourth-order valence-corrected chi connectivity index (χ4v) is 2.33. The lowest BCUT2D eigenvalue weighted by molar-refractivity contribution is -0.122. The largest absolute Gasteiger partial charge is 0.434 e. The summed E-state index contributed by atoms with van der Waals surface area (Å²) in [6.07, 6.45) is 0.404. The zero-order valence-corrected chi connectivity index (χ0v) is 13.3. The highest BCUT2D eigenvalue weighted by Crippen LogP contribution is 2.22. The molecular formula is C18H20F2N2O2. The van der Waals surface area contributed by atoms with Gasteiger partial charge in [0.1, 0.15) is 5.75 Å². The molecule has 2 aromatic rings. The molecule has 0 aliphatic heterocycles. The zero-order chi connectivity index (χ0) is 17.5. The van der Waals surface area contributed by atoms with Crippen LogP contribution in [-0.2, 0) is 17.8 Å². The van der Waals surface area contributed by atoms with Crippen molar-refractivity contribution in [2.24, 2.45) is 5.73 Å². The second kappa shape index (κ2) is 8.40. The number of alkyl halides is 2.